The van der Waals surface area contributed by atoms with Crippen molar-refractivity contribution in [3.8, 4) is 10.6 Å². The molecule has 0 spiro atoms. The van der Waals surface area contributed by atoms with Crippen molar-refractivity contribution >= 4 is 39.5 Å². The number of aryl methyl sites for hydroxylation is 1. The van der Waals surface area contributed by atoms with E-state index in [0.29, 0.717) is 36.9 Å². The molecule has 3 aliphatic rings. The number of likely N-dealkylation sites (tertiary alicyclic amines) is 1. The number of pyridine rings is 1. The highest BCUT2D eigenvalue weighted by Gasteiger charge is 2.43. The molecule has 6 rings (SSSR count). The number of anilines is 1. The SMILES string of the molecule is C[C@H](O)C(=O)N1C[C@H]2CC(Nc3c(-c4nc5c(s4)/C(=C(\F)CO)CCC5)cnc4[nH]ccc34)C[C@H]2C1. The zero-order valence-corrected chi connectivity index (χ0v) is 20.9. The highest BCUT2D eigenvalue weighted by molar-refractivity contribution is 7.16. The molecule has 8 nitrogen and oxygen atoms in total. The molecule has 0 radical (unpaired) electrons. The van der Waals surface area contributed by atoms with Gasteiger partial charge in [0.1, 0.15) is 22.6 Å². The van der Waals surface area contributed by atoms with Crippen molar-refractivity contribution in [3.63, 3.8) is 0 Å². The highest BCUT2D eigenvalue weighted by Crippen LogP contribution is 2.45. The largest absolute Gasteiger partial charge is 0.389 e. The van der Waals surface area contributed by atoms with Crippen molar-refractivity contribution in [2.75, 3.05) is 25.0 Å². The minimum atomic E-state index is -0.954. The maximum absolute atomic E-state index is 14.4. The Bertz CT molecular complexity index is 1330. The van der Waals surface area contributed by atoms with Crippen LogP contribution in [0, 0.1) is 11.8 Å². The number of carbonyl (C=O) groups is 1. The molecule has 3 aromatic heterocycles. The highest BCUT2D eigenvalue weighted by atomic mass is 32.1. The Labute approximate surface area is 212 Å². The van der Waals surface area contributed by atoms with Crippen LogP contribution in [0.2, 0.25) is 0 Å². The molecule has 3 aromatic rings. The van der Waals surface area contributed by atoms with Gasteiger partial charge in [-0.2, -0.15) is 0 Å². The Morgan fingerprint density at radius 1 is 1.33 bits per heavy atom. The van der Waals surface area contributed by atoms with E-state index in [2.05, 4.69) is 15.3 Å². The molecule has 36 heavy (non-hydrogen) atoms. The monoisotopic (exact) mass is 511 g/mol. The first-order valence-electron chi connectivity index (χ1n) is 12.6. The number of H-pyrrole nitrogens is 1. The fourth-order valence-electron chi connectivity index (χ4n) is 6.16. The van der Waals surface area contributed by atoms with Gasteiger partial charge in [-0.3, -0.25) is 4.79 Å². The van der Waals surface area contributed by atoms with Crippen molar-refractivity contribution in [1.82, 2.24) is 19.9 Å². The van der Waals surface area contributed by atoms with Crippen LogP contribution < -0.4 is 5.32 Å². The van der Waals surface area contributed by atoms with Crippen LogP contribution in [-0.2, 0) is 11.2 Å². The van der Waals surface area contributed by atoms with Crippen LogP contribution in [0.3, 0.4) is 0 Å². The number of rotatable bonds is 5. The summed E-state index contributed by atoms with van der Waals surface area (Å²) in [5, 5.41) is 24.6. The first-order chi connectivity index (χ1) is 17.4. The van der Waals surface area contributed by atoms with E-state index in [1.54, 1.807) is 4.90 Å². The molecule has 190 valence electrons. The number of aromatic amines is 1. The van der Waals surface area contributed by atoms with Crippen molar-refractivity contribution in [2.45, 2.75) is 51.2 Å². The number of fused-ring (bicyclic) bond motifs is 3. The quantitative estimate of drug-likeness (QED) is 0.415. The summed E-state index contributed by atoms with van der Waals surface area (Å²) < 4.78 is 14.4. The van der Waals surface area contributed by atoms with Gasteiger partial charge in [0.05, 0.1) is 28.4 Å². The van der Waals surface area contributed by atoms with Gasteiger partial charge in [0.15, 0.2) is 0 Å². The van der Waals surface area contributed by atoms with E-state index in [1.807, 2.05) is 18.5 Å². The second-order valence-electron chi connectivity index (χ2n) is 10.2. The number of carbonyl (C=O) groups excluding carboxylic acids is 1. The van der Waals surface area contributed by atoms with Gasteiger partial charge < -0.3 is 25.4 Å². The van der Waals surface area contributed by atoms with E-state index in [4.69, 9.17) is 4.98 Å². The van der Waals surface area contributed by atoms with Crippen molar-refractivity contribution < 1.29 is 19.4 Å². The average molecular weight is 512 g/mol. The van der Waals surface area contributed by atoms with Crippen LogP contribution in [0.4, 0.5) is 10.1 Å². The lowest BCUT2D eigenvalue weighted by Gasteiger charge is -2.22. The number of aliphatic hydroxyl groups is 2. The Hall–Kier alpha value is -2.82. The Kier molecular flexibility index (Phi) is 6.05. The van der Waals surface area contributed by atoms with Crippen LogP contribution in [0.15, 0.2) is 24.3 Å². The predicted molar refractivity (Wildman–Crippen MR) is 137 cm³/mol. The number of nitrogens with one attached hydrogen (secondary N) is 2. The van der Waals surface area contributed by atoms with Crippen LogP contribution in [0.25, 0.3) is 27.2 Å². The van der Waals surface area contributed by atoms with E-state index in [1.165, 1.54) is 18.3 Å². The molecule has 10 heteroatoms. The maximum Gasteiger partial charge on any atom is 0.251 e. The molecule has 2 aliphatic carbocycles. The van der Waals surface area contributed by atoms with Gasteiger partial charge in [0, 0.05) is 42.5 Å². The zero-order valence-electron chi connectivity index (χ0n) is 20.1. The number of aromatic nitrogens is 3. The normalized spacial score (nSPS) is 25.7. The van der Waals surface area contributed by atoms with Gasteiger partial charge in [-0.15, -0.1) is 11.3 Å². The lowest BCUT2D eigenvalue weighted by molar-refractivity contribution is -0.138. The molecule has 4 heterocycles. The lowest BCUT2D eigenvalue weighted by atomic mass is 9.97. The molecule has 2 fully saturated rings. The summed E-state index contributed by atoms with van der Waals surface area (Å²) in [7, 11) is 0. The van der Waals surface area contributed by atoms with Crippen LogP contribution >= 0.6 is 11.3 Å². The summed E-state index contributed by atoms with van der Waals surface area (Å²) >= 11 is 1.47. The number of hydrogen-bond donors (Lipinski definition) is 4. The van der Waals surface area contributed by atoms with E-state index in [-0.39, 0.29) is 11.9 Å². The smallest absolute Gasteiger partial charge is 0.251 e. The first-order valence-corrected chi connectivity index (χ1v) is 13.4. The summed E-state index contributed by atoms with van der Waals surface area (Å²) in [6.45, 7) is 2.33. The van der Waals surface area contributed by atoms with E-state index < -0.39 is 18.5 Å². The summed E-state index contributed by atoms with van der Waals surface area (Å²) in [5.74, 6) is 0.180. The number of nitrogens with zero attached hydrogens (tertiary/aromatic N) is 3. The van der Waals surface area contributed by atoms with Crippen molar-refractivity contribution in [3.05, 3.63) is 34.9 Å². The molecular weight excluding hydrogens is 481 g/mol. The van der Waals surface area contributed by atoms with Crippen LogP contribution in [-0.4, -0.2) is 67.8 Å². The molecule has 1 amide bonds. The third-order valence-corrected chi connectivity index (χ3v) is 9.05. The summed E-state index contributed by atoms with van der Waals surface area (Å²) in [6, 6.07) is 2.26. The Morgan fingerprint density at radius 2 is 2.11 bits per heavy atom. The molecule has 1 aliphatic heterocycles. The van der Waals surface area contributed by atoms with Gasteiger partial charge >= 0.3 is 0 Å². The van der Waals surface area contributed by atoms with Gasteiger partial charge in [0.25, 0.3) is 5.91 Å². The third kappa shape index (κ3) is 4.01. The second kappa shape index (κ2) is 9.24. The fraction of sp³-hybridized carbons (Fsp3) is 0.500. The van der Waals surface area contributed by atoms with E-state index in [9.17, 15) is 19.4 Å². The van der Waals surface area contributed by atoms with Crippen LogP contribution in [0.5, 0.6) is 0 Å². The molecule has 4 N–H and O–H groups in total. The number of amides is 1. The summed E-state index contributed by atoms with van der Waals surface area (Å²) in [4.78, 5) is 27.6. The predicted octanol–water partition coefficient (Wildman–Crippen LogP) is 3.73. The lowest BCUT2D eigenvalue weighted by Crippen LogP contribution is -2.37. The zero-order chi connectivity index (χ0) is 25.0. The Balaban J connectivity index is 1.30. The summed E-state index contributed by atoms with van der Waals surface area (Å²) in [5.41, 5.74) is 4.13. The summed E-state index contributed by atoms with van der Waals surface area (Å²) in [6.07, 6.45) is 6.87. The van der Waals surface area contributed by atoms with Gasteiger partial charge in [-0.05, 0) is 56.9 Å². The first kappa shape index (κ1) is 23.6. The fourth-order valence-corrected chi connectivity index (χ4v) is 7.38. The van der Waals surface area contributed by atoms with Gasteiger partial charge in [-0.25, -0.2) is 14.4 Å². The standard InChI is InChI=1S/C26H30FN5O3S/c1-13(34)26(35)32-10-14-7-16(8-15(14)11-32)30-22-18-5-6-28-24(18)29-9-19(22)25-31-21-4-2-3-17(20(27)12-33)23(21)36-25/h5-6,9,13-16,33-34H,2-4,7-8,10-12H2,1H3,(H2,28,29,30)/b20-17-/t13-,14-,15+,16?/m0/s1. The maximum atomic E-state index is 14.4. The van der Waals surface area contributed by atoms with E-state index >= 15 is 0 Å². The number of thiazole rings is 1. The Morgan fingerprint density at radius 3 is 2.83 bits per heavy atom. The van der Waals surface area contributed by atoms with Gasteiger partial charge in [-0.1, -0.05) is 0 Å². The molecule has 1 saturated heterocycles. The average Bonchev–Trinajstić information content (AvgIpc) is 3.64. The minimum Gasteiger partial charge on any atom is -0.389 e. The van der Waals surface area contributed by atoms with Crippen molar-refractivity contribution in [1.29, 1.82) is 0 Å². The number of halogens is 1. The van der Waals surface area contributed by atoms with E-state index in [0.717, 1.165) is 63.5 Å². The molecule has 1 saturated carbocycles. The molecule has 1 unspecified atom stereocenters. The topological polar surface area (TPSA) is 114 Å². The molecular formula is C26H30FN5O3S. The number of allylic oxidation sites excluding steroid dienone is 1. The second-order valence-corrected chi connectivity index (χ2v) is 11.2. The molecule has 0 bridgehead atoms. The van der Waals surface area contributed by atoms with Crippen LogP contribution in [0.1, 0.15) is 43.2 Å². The molecule has 0 aromatic carbocycles. The molecule has 4 atom stereocenters. The number of hydrogen-bond acceptors (Lipinski definition) is 7. The number of aliphatic hydroxyl groups excluding tert-OH is 2. The van der Waals surface area contributed by atoms with Gasteiger partial charge in [0.2, 0.25) is 0 Å². The minimum absolute atomic E-state index is 0.182. The third-order valence-electron chi connectivity index (χ3n) is 7.86. The van der Waals surface area contributed by atoms with Crippen molar-refractivity contribution in [2.24, 2.45) is 11.8 Å².